The molecule has 0 saturated carbocycles. The van der Waals surface area contributed by atoms with Crippen LogP contribution < -0.4 is 5.32 Å². The standard InChI is InChI=1S/C26H19F3N2O2/c1-17-8-13-24(33-17)22(18-9-11-20(12-10-18)26(27,28)29)5-3-7-25(32)31-23-6-2-4-19-16-30-15-14-21(19)23/h2-16H,1H3,(H,31,32). The van der Waals surface area contributed by atoms with Crippen molar-refractivity contribution in [1.29, 1.82) is 0 Å². The maximum atomic E-state index is 12.9. The van der Waals surface area contributed by atoms with E-state index in [1.165, 1.54) is 24.3 Å². The molecule has 1 N–H and O–H groups in total. The molecule has 7 heteroatoms. The van der Waals surface area contributed by atoms with Gasteiger partial charge in [-0.3, -0.25) is 9.78 Å². The second kappa shape index (κ2) is 9.16. The summed E-state index contributed by atoms with van der Waals surface area (Å²) in [5, 5.41) is 4.60. The van der Waals surface area contributed by atoms with E-state index in [0.717, 1.165) is 22.9 Å². The van der Waals surface area contributed by atoms with E-state index in [1.807, 2.05) is 18.2 Å². The number of amides is 1. The second-order valence-corrected chi connectivity index (χ2v) is 7.32. The Hall–Kier alpha value is -4.13. The number of nitrogens with one attached hydrogen (secondary N) is 1. The van der Waals surface area contributed by atoms with Crippen LogP contribution in [0.25, 0.3) is 16.3 Å². The topological polar surface area (TPSA) is 55.1 Å². The molecule has 33 heavy (non-hydrogen) atoms. The first-order valence-corrected chi connectivity index (χ1v) is 10.1. The maximum absolute atomic E-state index is 12.9. The summed E-state index contributed by atoms with van der Waals surface area (Å²) in [6.45, 7) is 1.77. The SMILES string of the molecule is Cc1ccc(C(=CC=CC(=O)Nc2cccc3cnccc23)c2ccc(C(F)(F)F)cc2)o1. The summed E-state index contributed by atoms with van der Waals surface area (Å²) < 4.78 is 44.4. The van der Waals surface area contributed by atoms with Gasteiger partial charge < -0.3 is 9.73 Å². The van der Waals surface area contributed by atoms with Crippen LogP contribution in [0.4, 0.5) is 18.9 Å². The Kier molecular flexibility index (Phi) is 6.13. The molecule has 0 aliphatic carbocycles. The summed E-state index contributed by atoms with van der Waals surface area (Å²) in [6.07, 6.45) is 3.46. The average Bonchev–Trinajstić information content (AvgIpc) is 3.22. The zero-order valence-electron chi connectivity index (χ0n) is 17.6. The third kappa shape index (κ3) is 5.20. The molecule has 0 aliphatic rings. The van der Waals surface area contributed by atoms with E-state index in [0.29, 0.717) is 28.3 Å². The van der Waals surface area contributed by atoms with E-state index >= 15 is 0 Å². The number of halogens is 3. The normalized spacial score (nSPS) is 12.4. The molecule has 0 bridgehead atoms. The van der Waals surface area contributed by atoms with Gasteiger partial charge in [0.15, 0.2) is 0 Å². The summed E-state index contributed by atoms with van der Waals surface area (Å²) in [5.41, 5.74) is 1.00. The van der Waals surface area contributed by atoms with Crippen LogP contribution in [-0.4, -0.2) is 10.9 Å². The van der Waals surface area contributed by atoms with Crippen molar-refractivity contribution in [3.8, 4) is 0 Å². The van der Waals surface area contributed by atoms with E-state index < -0.39 is 11.7 Å². The summed E-state index contributed by atoms with van der Waals surface area (Å²) in [7, 11) is 0. The molecule has 0 aliphatic heterocycles. The van der Waals surface area contributed by atoms with Gasteiger partial charge in [-0.15, -0.1) is 0 Å². The number of hydrogen-bond acceptors (Lipinski definition) is 3. The third-order valence-electron chi connectivity index (χ3n) is 4.98. The minimum Gasteiger partial charge on any atom is -0.461 e. The van der Waals surface area contributed by atoms with Crippen molar-refractivity contribution in [2.24, 2.45) is 0 Å². The van der Waals surface area contributed by atoms with Crippen LogP contribution in [0.2, 0.25) is 0 Å². The van der Waals surface area contributed by atoms with Crippen LogP contribution in [0, 0.1) is 6.92 Å². The van der Waals surface area contributed by atoms with Crippen molar-refractivity contribution >= 4 is 27.9 Å². The molecule has 2 aromatic heterocycles. The number of carbonyl (C=O) groups is 1. The number of furan rings is 1. The Morgan fingerprint density at radius 1 is 1.03 bits per heavy atom. The predicted molar refractivity (Wildman–Crippen MR) is 121 cm³/mol. The molecule has 4 nitrogen and oxygen atoms in total. The monoisotopic (exact) mass is 448 g/mol. The maximum Gasteiger partial charge on any atom is 0.416 e. The van der Waals surface area contributed by atoms with Gasteiger partial charge in [-0.25, -0.2) is 0 Å². The smallest absolute Gasteiger partial charge is 0.416 e. The Labute approximate surface area is 188 Å². The van der Waals surface area contributed by atoms with Gasteiger partial charge >= 0.3 is 6.18 Å². The highest BCUT2D eigenvalue weighted by Crippen LogP contribution is 2.32. The van der Waals surface area contributed by atoms with E-state index in [4.69, 9.17) is 4.42 Å². The summed E-state index contributed by atoms with van der Waals surface area (Å²) in [6, 6.07) is 15.6. The molecule has 0 saturated heterocycles. The zero-order valence-corrected chi connectivity index (χ0v) is 17.6. The van der Waals surface area contributed by atoms with Crippen molar-refractivity contribution in [2.75, 3.05) is 5.32 Å². The van der Waals surface area contributed by atoms with E-state index in [1.54, 1.807) is 43.6 Å². The lowest BCUT2D eigenvalue weighted by molar-refractivity contribution is -0.137. The van der Waals surface area contributed by atoms with E-state index in [2.05, 4.69) is 10.3 Å². The molecule has 0 fully saturated rings. The second-order valence-electron chi connectivity index (χ2n) is 7.32. The van der Waals surface area contributed by atoms with Crippen LogP contribution in [0.3, 0.4) is 0 Å². The summed E-state index contributed by atoms with van der Waals surface area (Å²) in [5.74, 6) is 0.798. The third-order valence-corrected chi connectivity index (χ3v) is 4.98. The molecular formula is C26H19F3N2O2. The lowest BCUT2D eigenvalue weighted by Crippen LogP contribution is -2.08. The number of allylic oxidation sites excluding steroid dienone is 2. The number of aryl methyl sites for hydroxylation is 1. The minimum atomic E-state index is -4.42. The Morgan fingerprint density at radius 2 is 1.82 bits per heavy atom. The number of aromatic nitrogens is 1. The summed E-state index contributed by atoms with van der Waals surface area (Å²) >= 11 is 0. The first kappa shape index (κ1) is 22.1. The molecule has 166 valence electrons. The lowest BCUT2D eigenvalue weighted by Gasteiger charge is -2.09. The van der Waals surface area contributed by atoms with Crippen molar-refractivity contribution in [3.63, 3.8) is 0 Å². The fraction of sp³-hybridized carbons (Fsp3) is 0.0769. The van der Waals surface area contributed by atoms with E-state index in [9.17, 15) is 18.0 Å². The number of carbonyl (C=O) groups excluding carboxylic acids is 1. The fourth-order valence-electron chi connectivity index (χ4n) is 3.38. The molecule has 0 spiro atoms. The van der Waals surface area contributed by atoms with Gasteiger partial charge in [-0.1, -0.05) is 36.4 Å². The van der Waals surface area contributed by atoms with Gasteiger partial charge in [0.25, 0.3) is 0 Å². The first-order valence-electron chi connectivity index (χ1n) is 10.1. The fourth-order valence-corrected chi connectivity index (χ4v) is 3.38. The highest BCUT2D eigenvalue weighted by molar-refractivity contribution is 6.06. The van der Waals surface area contributed by atoms with Crippen molar-refractivity contribution in [3.05, 3.63) is 114 Å². The first-order chi connectivity index (χ1) is 15.8. The van der Waals surface area contributed by atoms with Crippen molar-refractivity contribution in [1.82, 2.24) is 4.98 Å². The number of pyridine rings is 1. The molecule has 1 amide bonds. The molecular weight excluding hydrogens is 429 g/mol. The molecule has 4 aromatic rings. The van der Waals surface area contributed by atoms with Crippen LogP contribution in [0.5, 0.6) is 0 Å². The van der Waals surface area contributed by atoms with Crippen LogP contribution in [-0.2, 0) is 11.0 Å². The van der Waals surface area contributed by atoms with Gasteiger partial charge in [-0.05, 0) is 48.9 Å². The van der Waals surface area contributed by atoms with E-state index in [-0.39, 0.29) is 5.91 Å². The van der Waals surface area contributed by atoms with Crippen molar-refractivity contribution < 1.29 is 22.4 Å². The largest absolute Gasteiger partial charge is 0.461 e. The Bertz CT molecular complexity index is 1340. The number of rotatable bonds is 5. The number of benzene rings is 2. The van der Waals surface area contributed by atoms with Gasteiger partial charge in [0, 0.05) is 40.5 Å². The summed E-state index contributed by atoms with van der Waals surface area (Å²) in [4.78, 5) is 16.6. The average molecular weight is 448 g/mol. The number of fused-ring (bicyclic) bond motifs is 1. The van der Waals surface area contributed by atoms with Gasteiger partial charge in [0.2, 0.25) is 5.91 Å². The molecule has 0 radical (unpaired) electrons. The molecule has 0 atom stereocenters. The predicted octanol–water partition coefficient (Wildman–Crippen LogP) is 6.78. The highest BCUT2D eigenvalue weighted by atomic mass is 19.4. The number of anilines is 1. The number of alkyl halides is 3. The molecule has 2 heterocycles. The highest BCUT2D eigenvalue weighted by Gasteiger charge is 2.30. The Balaban J connectivity index is 1.59. The number of nitrogens with zero attached hydrogens (tertiary/aromatic N) is 1. The van der Waals surface area contributed by atoms with Crippen LogP contribution in [0.1, 0.15) is 22.6 Å². The zero-order chi connectivity index (χ0) is 23.4. The van der Waals surface area contributed by atoms with Gasteiger partial charge in [0.05, 0.1) is 5.56 Å². The molecule has 2 aromatic carbocycles. The van der Waals surface area contributed by atoms with Gasteiger partial charge in [-0.2, -0.15) is 13.2 Å². The number of hydrogen-bond donors (Lipinski definition) is 1. The van der Waals surface area contributed by atoms with Crippen LogP contribution in [0.15, 0.2) is 95.7 Å². The van der Waals surface area contributed by atoms with Crippen molar-refractivity contribution in [2.45, 2.75) is 13.1 Å². The molecule has 4 rings (SSSR count). The quantitative estimate of drug-likeness (QED) is 0.270. The Morgan fingerprint density at radius 3 is 2.52 bits per heavy atom. The van der Waals surface area contributed by atoms with Crippen LogP contribution >= 0.6 is 0 Å². The lowest BCUT2D eigenvalue weighted by atomic mass is 10.0. The van der Waals surface area contributed by atoms with Gasteiger partial charge in [0.1, 0.15) is 11.5 Å². The minimum absolute atomic E-state index is 0.349. The molecule has 0 unspecified atom stereocenters.